The number of carboxylic acid groups (broad SMARTS) is 1. The van der Waals surface area contributed by atoms with E-state index in [2.05, 4.69) is 14.9 Å². The number of alkyl halides is 1. The van der Waals surface area contributed by atoms with Crippen LogP contribution in [0.4, 0.5) is 14.6 Å². The van der Waals surface area contributed by atoms with Crippen LogP contribution in [0.2, 0.25) is 0 Å². The number of fused-ring (bicyclic) bond motifs is 3. The third kappa shape index (κ3) is 5.68. The van der Waals surface area contributed by atoms with Gasteiger partial charge in [0.25, 0.3) is 0 Å². The lowest BCUT2D eigenvalue weighted by Gasteiger charge is -2.33. The van der Waals surface area contributed by atoms with Gasteiger partial charge in [0.15, 0.2) is 5.82 Å². The second-order valence-corrected chi connectivity index (χ2v) is 13.0. The molecule has 3 aliphatic rings. The van der Waals surface area contributed by atoms with Gasteiger partial charge in [-0.2, -0.15) is 9.97 Å². The lowest BCUT2D eigenvalue weighted by Crippen LogP contribution is -2.44. The summed E-state index contributed by atoms with van der Waals surface area (Å²) >= 11 is 0. The van der Waals surface area contributed by atoms with Crippen molar-refractivity contribution in [2.24, 2.45) is 5.73 Å². The number of piperidine rings is 1. The molecule has 3 fully saturated rings. The molecule has 0 unspecified atom stereocenters. The summed E-state index contributed by atoms with van der Waals surface area (Å²) in [6.07, 6.45) is 5.39. The standard InChI is InChI=1S/C34H38F2N6O4/c35-22-15-34(10-4-12-42(34)17-22)19-46-33-39-31-26(32(40-33)41-11-3-8-23(37)18-41)16-38-30(29(31)36)25-14-24(43)13-21-7-1-5-20(28(21)25)6-2-9-27(44)45/h1,5,7,13-14,16,22-23,43H,2-4,6,8-12,15,17-19,37H2,(H,44,45)/t22-,23-,34+/m1/s1. The van der Waals surface area contributed by atoms with Crippen LogP contribution in [0.3, 0.4) is 0 Å². The smallest absolute Gasteiger partial charge is 0.319 e. The van der Waals surface area contributed by atoms with Gasteiger partial charge in [0, 0.05) is 50.3 Å². The first-order chi connectivity index (χ1) is 22.2. The molecule has 7 rings (SSSR count). The number of aromatic hydroxyl groups is 1. The molecule has 0 spiro atoms. The molecule has 4 N–H and O–H groups in total. The normalized spacial score (nSPS) is 23.3. The van der Waals surface area contributed by atoms with Crippen LogP contribution in [0, 0.1) is 5.82 Å². The Kier molecular flexibility index (Phi) is 8.10. The lowest BCUT2D eigenvalue weighted by atomic mass is 9.93. The van der Waals surface area contributed by atoms with Gasteiger partial charge in [-0.05, 0) is 73.5 Å². The van der Waals surface area contributed by atoms with Crippen LogP contribution in [0.5, 0.6) is 11.8 Å². The summed E-state index contributed by atoms with van der Waals surface area (Å²) in [6.45, 7) is 2.62. The molecule has 3 saturated heterocycles. The maximum Gasteiger partial charge on any atom is 0.319 e. The minimum Gasteiger partial charge on any atom is -0.508 e. The van der Waals surface area contributed by atoms with Crippen molar-refractivity contribution in [3.8, 4) is 23.0 Å². The molecule has 4 aromatic rings. The summed E-state index contributed by atoms with van der Waals surface area (Å²) < 4.78 is 37.5. The number of aliphatic carboxylic acids is 1. The Bertz CT molecular complexity index is 1810. The topological polar surface area (TPSA) is 138 Å². The van der Waals surface area contributed by atoms with Gasteiger partial charge in [0.05, 0.1) is 10.9 Å². The first-order valence-corrected chi connectivity index (χ1v) is 16.1. The molecule has 5 heterocycles. The number of anilines is 1. The van der Waals surface area contributed by atoms with Crippen LogP contribution in [-0.4, -0.2) is 86.6 Å². The predicted molar refractivity (Wildman–Crippen MR) is 170 cm³/mol. The minimum absolute atomic E-state index is 0.0000513. The summed E-state index contributed by atoms with van der Waals surface area (Å²) in [5.41, 5.74) is 7.12. The van der Waals surface area contributed by atoms with E-state index in [9.17, 15) is 19.4 Å². The molecule has 0 saturated carbocycles. The number of nitrogens with two attached hydrogens (primary N) is 1. The Hall–Kier alpha value is -4.16. The van der Waals surface area contributed by atoms with Gasteiger partial charge in [-0.1, -0.05) is 18.2 Å². The van der Waals surface area contributed by atoms with Crippen molar-refractivity contribution in [1.29, 1.82) is 0 Å². The van der Waals surface area contributed by atoms with Crippen molar-refractivity contribution in [2.45, 2.75) is 69.1 Å². The van der Waals surface area contributed by atoms with Crippen molar-refractivity contribution in [1.82, 2.24) is 19.9 Å². The number of hydrogen-bond acceptors (Lipinski definition) is 9. The highest BCUT2D eigenvalue weighted by Crippen LogP contribution is 2.42. The summed E-state index contributed by atoms with van der Waals surface area (Å²) in [5, 5.41) is 21.6. The second kappa shape index (κ2) is 12.2. The number of rotatable bonds is 9. The number of aryl methyl sites for hydroxylation is 1. The molecule has 3 atom stereocenters. The zero-order valence-electron chi connectivity index (χ0n) is 25.6. The number of carboxylic acids is 1. The monoisotopic (exact) mass is 632 g/mol. The Balaban J connectivity index is 1.34. The van der Waals surface area contributed by atoms with E-state index in [1.165, 1.54) is 6.07 Å². The average molecular weight is 633 g/mol. The highest BCUT2D eigenvalue weighted by atomic mass is 19.1. The van der Waals surface area contributed by atoms with Gasteiger partial charge in [0.2, 0.25) is 0 Å². The van der Waals surface area contributed by atoms with Gasteiger partial charge < -0.3 is 25.6 Å². The molecular weight excluding hydrogens is 594 g/mol. The van der Waals surface area contributed by atoms with E-state index >= 15 is 4.39 Å². The van der Waals surface area contributed by atoms with E-state index < -0.39 is 23.5 Å². The molecule has 3 aliphatic heterocycles. The van der Waals surface area contributed by atoms with Gasteiger partial charge in [-0.15, -0.1) is 0 Å². The Morgan fingerprint density at radius 3 is 2.87 bits per heavy atom. The first kappa shape index (κ1) is 30.5. The quantitative estimate of drug-likeness (QED) is 0.232. The third-order valence-electron chi connectivity index (χ3n) is 9.77. The van der Waals surface area contributed by atoms with Crippen LogP contribution in [-0.2, 0) is 11.2 Å². The van der Waals surface area contributed by atoms with Crippen molar-refractivity contribution < 1.29 is 28.5 Å². The second-order valence-electron chi connectivity index (χ2n) is 13.0. The fourth-order valence-corrected chi connectivity index (χ4v) is 7.68. The zero-order chi connectivity index (χ0) is 32.0. The van der Waals surface area contributed by atoms with Crippen molar-refractivity contribution in [3.63, 3.8) is 0 Å². The number of phenolic OH excluding ortho intramolecular Hbond substituents is 1. The molecule has 46 heavy (non-hydrogen) atoms. The van der Waals surface area contributed by atoms with E-state index in [1.807, 2.05) is 23.1 Å². The lowest BCUT2D eigenvalue weighted by molar-refractivity contribution is -0.137. The van der Waals surface area contributed by atoms with E-state index in [-0.39, 0.29) is 42.0 Å². The highest BCUT2D eigenvalue weighted by molar-refractivity contribution is 6.01. The zero-order valence-corrected chi connectivity index (χ0v) is 25.6. The number of benzene rings is 2. The number of pyridine rings is 1. The van der Waals surface area contributed by atoms with Gasteiger partial charge in [-0.25, -0.2) is 8.78 Å². The van der Waals surface area contributed by atoms with Crippen molar-refractivity contribution in [2.75, 3.05) is 37.7 Å². The van der Waals surface area contributed by atoms with Crippen LogP contribution >= 0.6 is 0 Å². The third-order valence-corrected chi connectivity index (χ3v) is 9.77. The van der Waals surface area contributed by atoms with Crippen LogP contribution in [0.15, 0.2) is 36.5 Å². The van der Waals surface area contributed by atoms with E-state index in [4.69, 9.17) is 15.5 Å². The average Bonchev–Trinajstić information content (AvgIpc) is 3.55. The number of phenols is 1. The van der Waals surface area contributed by atoms with Crippen LogP contribution in [0.25, 0.3) is 32.9 Å². The van der Waals surface area contributed by atoms with E-state index in [1.54, 1.807) is 12.3 Å². The fourth-order valence-electron chi connectivity index (χ4n) is 7.68. The molecule has 0 amide bonds. The van der Waals surface area contributed by atoms with Gasteiger partial charge in [0.1, 0.15) is 35.6 Å². The predicted octanol–water partition coefficient (Wildman–Crippen LogP) is 4.98. The Morgan fingerprint density at radius 1 is 1.17 bits per heavy atom. The van der Waals surface area contributed by atoms with Gasteiger partial charge in [-0.3, -0.25) is 14.7 Å². The molecular formula is C34H38F2N6O4. The maximum absolute atomic E-state index is 16.8. The minimum atomic E-state index is -0.913. The largest absolute Gasteiger partial charge is 0.508 e. The molecule has 2 aromatic heterocycles. The molecule has 0 radical (unpaired) electrons. The van der Waals surface area contributed by atoms with E-state index in [0.717, 1.165) is 37.8 Å². The maximum atomic E-state index is 16.8. The van der Waals surface area contributed by atoms with Crippen LogP contribution < -0.4 is 15.4 Å². The fraction of sp³-hybridized carbons (Fsp3) is 0.471. The Morgan fingerprint density at radius 2 is 2.04 bits per heavy atom. The summed E-state index contributed by atoms with van der Waals surface area (Å²) in [7, 11) is 0. The van der Waals surface area contributed by atoms with E-state index in [0.29, 0.717) is 66.4 Å². The number of hydrogen-bond donors (Lipinski definition) is 3. The van der Waals surface area contributed by atoms with Crippen molar-refractivity contribution in [3.05, 3.63) is 47.9 Å². The molecule has 242 valence electrons. The Labute approximate surface area is 265 Å². The molecule has 12 heteroatoms. The summed E-state index contributed by atoms with van der Waals surface area (Å²) in [6, 6.07) is 8.55. The highest BCUT2D eigenvalue weighted by Gasteiger charge is 2.49. The number of nitrogens with zero attached hydrogens (tertiary/aromatic N) is 5. The summed E-state index contributed by atoms with van der Waals surface area (Å²) in [4.78, 5) is 29.2. The molecule has 2 aromatic carbocycles. The SMILES string of the molecule is N[C@@H]1CCCN(c2nc(OC[C@@]34CCCN3C[C@H](F)C4)nc3c(F)c(-c4cc(O)cc5cccc(CCCC(=O)O)c45)ncc23)C1. The number of carbonyl (C=O) groups is 1. The molecule has 10 nitrogen and oxygen atoms in total. The number of aromatic nitrogens is 3. The summed E-state index contributed by atoms with van der Waals surface area (Å²) in [5.74, 6) is -1.14. The van der Waals surface area contributed by atoms with Gasteiger partial charge >= 0.3 is 12.0 Å². The van der Waals surface area contributed by atoms with Crippen molar-refractivity contribution >= 4 is 33.5 Å². The number of halogens is 2. The molecule has 0 bridgehead atoms. The number of ether oxygens (including phenoxy) is 1. The molecule has 0 aliphatic carbocycles. The van der Waals surface area contributed by atoms with Crippen LogP contribution in [0.1, 0.15) is 50.5 Å². The first-order valence-electron chi connectivity index (χ1n) is 16.1.